The summed E-state index contributed by atoms with van der Waals surface area (Å²) in [6, 6.07) is 8.58. The van der Waals surface area contributed by atoms with Crippen LogP contribution in [0.5, 0.6) is 0 Å². The number of hydrogen-bond acceptors (Lipinski definition) is 4. The van der Waals surface area contributed by atoms with Gasteiger partial charge in [0.25, 0.3) is 0 Å². The maximum atomic E-state index is 13.3. The zero-order valence-electron chi connectivity index (χ0n) is 18.5. The van der Waals surface area contributed by atoms with Gasteiger partial charge in [-0.15, -0.1) is 0 Å². The minimum absolute atomic E-state index is 0.0451. The molecule has 0 fully saturated rings. The minimum atomic E-state index is -3.89. The van der Waals surface area contributed by atoms with E-state index in [0.717, 1.165) is 22.7 Å². The predicted octanol–water partition coefficient (Wildman–Crippen LogP) is 3.84. The summed E-state index contributed by atoms with van der Waals surface area (Å²) < 4.78 is 39.0. The van der Waals surface area contributed by atoms with Crippen molar-refractivity contribution in [3.05, 3.63) is 63.9 Å². The van der Waals surface area contributed by atoms with Crippen LogP contribution in [0.25, 0.3) is 0 Å². The molecule has 0 aliphatic heterocycles. The summed E-state index contributed by atoms with van der Waals surface area (Å²) in [6.07, 6.45) is 1.66. The SMILES string of the molecule is CCCNC(=O)[C@@H](C)N(Cc1ccc(Cl)cc1Cl)C(=O)CN(c1ccc(F)cc1)S(C)(=O)=O. The van der Waals surface area contributed by atoms with Crippen LogP contribution in [0.1, 0.15) is 25.8 Å². The summed E-state index contributed by atoms with van der Waals surface area (Å²) in [7, 11) is -3.89. The molecule has 0 unspecified atom stereocenters. The number of nitrogens with one attached hydrogen (secondary N) is 1. The second-order valence-corrected chi connectivity index (χ2v) is 10.2. The number of carbonyl (C=O) groups excluding carboxylic acids is 2. The van der Waals surface area contributed by atoms with Crippen molar-refractivity contribution >= 4 is 50.7 Å². The summed E-state index contributed by atoms with van der Waals surface area (Å²) in [4.78, 5) is 27.2. The minimum Gasteiger partial charge on any atom is -0.354 e. The van der Waals surface area contributed by atoms with E-state index in [2.05, 4.69) is 5.32 Å². The van der Waals surface area contributed by atoms with Crippen molar-refractivity contribution in [1.29, 1.82) is 0 Å². The van der Waals surface area contributed by atoms with Crippen LogP contribution >= 0.6 is 23.2 Å². The average molecular weight is 518 g/mol. The molecule has 0 spiro atoms. The number of hydrogen-bond donors (Lipinski definition) is 1. The summed E-state index contributed by atoms with van der Waals surface area (Å²) in [6.45, 7) is 3.25. The van der Waals surface area contributed by atoms with Crippen molar-refractivity contribution in [2.75, 3.05) is 23.7 Å². The van der Waals surface area contributed by atoms with Crippen LogP contribution in [0.15, 0.2) is 42.5 Å². The number of benzene rings is 2. The highest BCUT2D eigenvalue weighted by atomic mass is 35.5. The van der Waals surface area contributed by atoms with E-state index < -0.39 is 34.3 Å². The number of nitrogens with zero attached hydrogens (tertiary/aromatic N) is 2. The van der Waals surface area contributed by atoms with E-state index in [0.29, 0.717) is 28.6 Å². The quantitative estimate of drug-likeness (QED) is 0.518. The van der Waals surface area contributed by atoms with Crippen molar-refractivity contribution in [1.82, 2.24) is 10.2 Å². The molecular formula is C22H26Cl2FN3O4S. The molecular weight excluding hydrogens is 492 g/mol. The molecule has 33 heavy (non-hydrogen) atoms. The van der Waals surface area contributed by atoms with Gasteiger partial charge in [0, 0.05) is 23.1 Å². The predicted molar refractivity (Wildman–Crippen MR) is 128 cm³/mol. The van der Waals surface area contributed by atoms with E-state index in [1.165, 1.54) is 23.1 Å². The van der Waals surface area contributed by atoms with Gasteiger partial charge in [-0.05, 0) is 55.3 Å². The lowest BCUT2D eigenvalue weighted by atomic mass is 10.1. The second-order valence-electron chi connectivity index (χ2n) is 7.47. The molecule has 0 heterocycles. The van der Waals surface area contributed by atoms with Crippen molar-refractivity contribution in [2.24, 2.45) is 0 Å². The average Bonchev–Trinajstić information content (AvgIpc) is 2.74. The lowest BCUT2D eigenvalue weighted by Crippen LogP contribution is -2.51. The van der Waals surface area contributed by atoms with Crippen molar-refractivity contribution in [3.63, 3.8) is 0 Å². The molecule has 11 heteroatoms. The zero-order valence-corrected chi connectivity index (χ0v) is 20.8. The lowest BCUT2D eigenvalue weighted by Gasteiger charge is -2.31. The molecule has 2 amide bonds. The van der Waals surface area contributed by atoms with Crippen LogP contribution in [0.3, 0.4) is 0 Å². The first-order valence-corrected chi connectivity index (χ1v) is 12.8. The summed E-state index contributed by atoms with van der Waals surface area (Å²) in [5.74, 6) is -1.56. The standard InChI is InChI=1S/C22H26Cl2FN3O4S/c1-4-11-26-22(30)15(2)27(13-16-5-6-17(23)12-20(16)24)21(29)14-28(33(3,31)32)19-9-7-18(25)8-10-19/h5-10,12,15H,4,11,13-14H2,1-3H3,(H,26,30)/t15-/m1/s1. The Labute approximate surface area is 203 Å². The van der Waals surface area contributed by atoms with Crippen LogP contribution in [0.4, 0.5) is 10.1 Å². The largest absolute Gasteiger partial charge is 0.354 e. The third kappa shape index (κ3) is 7.58. The molecule has 0 aromatic heterocycles. The second kappa shape index (κ2) is 11.7. The molecule has 1 atom stereocenters. The van der Waals surface area contributed by atoms with Gasteiger partial charge in [-0.2, -0.15) is 0 Å². The number of anilines is 1. The van der Waals surface area contributed by atoms with Gasteiger partial charge in [-0.1, -0.05) is 36.2 Å². The van der Waals surface area contributed by atoms with Crippen LogP contribution < -0.4 is 9.62 Å². The number of carbonyl (C=O) groups is 2. The highest BCUT2D eigenvalue weighted by Crippen LogP contribution is 2.24. The van der Waals surface area contributed by atoms with E-state index in [1.54, 1.807) is 19.1 Å². The fraction of sp³-hybridized carbons (Fsp3) is 0.364. The maximum Gasteiger partial charge on any atom is 0.244 e. The first-order chi connectivity index (χ1) is 15.4. The van der Waals surface area contributed by atoms with Crippen LogP contribution in [0, 0.1) is 5.82 Å². The molecule has 0 aliphatic carbocycles. The fourth-order valence-electron chi connectivity index (χ4n) is 3.03. The van der Waals surface area contributed by atoms with E-state index in [4.69, 9.17) is 23.2 Å². The normalized spacial score (nSPS) is 12.2. The lowest BCUT2D eigenvalue weighted by molar-refractivity contribution is -0.139. The van der Waals surface area contributed by atoms with Gasteiger partial charge >= 0.3 is 0 Å². The first-order valence-electron chi connectivity index (χ1n) is 10.2. The molecule has 1 N–H and O–H groups in total. The summed E-state index contributed by atoms with van der Waals surface area (Å²) in [5, 5.41) is 3.46. The van der Waals surface area contributed by atoms with Crippen molar-refractivity contribution in [3.8, 4) is 0 Å². The van der Waals surface area contributed by atoms with Gasteiger partial charge in [0.05, 0.1) is 11.9 Å². The molecule has 0 aliphatic rings. The smallest absolute Gasteiger partial charge is 0.244 e. The monoisotopic (exact) mass is 517 g/mol. The molecule has 2 aromatic rings. The Hall–Kier alpha value is -2.36. The number of sulfonamides is 1. The van der Waals surface area contributed by atoms with Crippen LogP contribution in [-0.2, 0) is 26.2 Å². The molecule has 180 valence electrons. The number of halogens is 3. The third-order valence-electron chi connectivity index (χ3n) is 4.87. The summed E-state index contributed by atoms with van der Waals surface area (Å²) >= 11 is 12.2. The maximum absolute atomic E-state index is 13.3. The highest BCUT2D eigenvalue weighted by molar-refractivity contribution is 7.92. The Morgan fingerprint density at radius 3 is 2.30 bits per heavy atom. The summed E-state index contributed by atoms with van der Waals surface area (Å²) in [5.41, 5.74) is 0.664. The molecule has 2 aromatic carbocycles. The Morgan fingerprint density at radius 1 is 1.12 bits per heavy atom. The molecule has 0 saturated carbocycles. The molecule has 2 rings (SSSR count). The number of amides is 2. The Kier molecular flexibility index (Phi) is 9.51. The molecule has 7 nitrogen and oxygen atoms in total. The van der Waals surface area contributed by atoms with Gasteiger partial charge in [0.1, 0.15) is 18.4 Å². The van der Waals surface area contributed by atoms with Gasteiger partial charge in [-0.25, -0.2) is 12.8 Å². The van der Waals surface area contributed by atoms with Gasteiger partial charge in [0.2, 0.25) is 21.8 Å². The van der Waals surface area contributed by atoms with E-state index in [9.17, 15) is 22.4 Å². The Bertz CT molecular complexity index is 1100. The Balaban J connectivity index is 2.39. The van der Waals surface area contributed by atoms with Gasteiger partial charge in [0.15, 0.2) is 0 Å². The van der Waals surface area contributed by atoms with Crippen molar-refractivity contribution < 1.29 is 22.4 Å². The van der Waals surface area contributed by atoms with Crippen LogP contribution in [-0.4, -0.2) is 50.5 Å². The van der Waals surface area contributed by atoms with Gasteiger partial charge < -0.3 is 10.2 Å². The first kappa shape index (κ1) is 26.9. The third-order valence-corrected chi connectivity index (χ3v) is 6.59. The van der Waals surface area contributed by atoms with E-state index in [-0.39, 0.29) is 18.1 Å². The Morgan fingerprint density at radius 2 is 1.76 bits per heavy atom. The van der Waals surface area contributed by atoms with Crippen molar-refractivity contribution in [2.45, 2.75) is 32.9 Å². The van der Waals surface area contributed by atoms with E-state index in [1.807, 2.05) is 6.92 Å². The van der Waals surface area contributed by atoms with Gasteiger partial charge in [-0.3, -0.25) is 13.9 Å². The topological polar surface area (TPSA) is 86.8 Å². The molecule has 0 bridgehead atoms. The highest BCUT2D eigenvalue weighted by Gasteiger charge is 2.30. The zero-order chi connectivity index (χ0) is 24.8. The molecule has 0 radical (unpaired) electrons. The van der Waals surface area contributed by atoms with E-state index >= 15 is 0 Å². The number of rotatable bonds is 10. The molecule has 0 saturated heterocycles. The fourth-order valence-corrected chi connectivity index (χ4v) is 4.35. The van der Waals surface area contributed by atoms with Crippen LogP contribution in [0.2, 0.25) is 10.0 Å².